The van der Waals surface area contributed by atoms with Crippen molar-refractivity contribution in [1.29, 1.82) is 0 Å². The first kappa shape index (κ1) is 13.9. The molecule has 0 aromatic heterocycles. The van der Waals surface area contributed by atoms with Gasteiger partial charge in [0.15, 0.2) is 0 Å². The van der Waals surface area contributed by atoms with Crippen molar-refractivity contribution in [3.63, 3.8) is 0 Å². The Balaban J connectivity index is 1.95. The van der Waals surface area contributed by atoms with Gasteiger partial charge in [0.25, 0.3) is 0 Å². The summed E-state index contributed by atoms with van der Waals surface area (Å²) in [5.41, 5.74) is -0.0765. The van der Waals surface area contributed by atoms with Gasteiger partial charge in [-0.2, -0.15) is 0 Å². The Morgan fingerprint density at radius 2 is 2.00 bits per heavy atom. The molecule has 0 bridgehead atoms. The number of carbonyl (C=O) groups is 1. The average Bonchev–Trinajstić information content (AvgIpc) is 2.89. The maximum Gasteiger partial charge on any atom is 0.228 e. The molecule has 1 saturated carbocycles. The van der Waals surface area contributed by atoms with E-state index in [0.717, 1.165) is 32.5 Å². The minimum atomic E-state index is -0.0765. The monoisotopic (exact) mass is 252 g/mol. The smallest absolute Gasteiger partial charge is 0.228 e. The van der Waals surface area contributed by atoms with Crippen molar-refractivity contribution in [2.45, 2.75) is 64.8 Å². The number of hydrogen-bond donors (Lipinski definition) is 1. The van der Waals surface area contributed by atoms with Gasteiger partial charge in [-0.3, -0.25) is 4.79 Å². The van der Waals surface area contributed by atoms with Crippen LogP contribution in [0, 0.1) is 5.41 Å². The molecule has 1 N–H and O–H groups in total. The molecule has 1 aliphatic heterocycles. The van der Waals surface area contributed by atoms with Crippen molar-refractivity contribution in [3.05, 3.63) is 0 Å². The number of nitrogens with zero attached hydrogens (tertiary/aromatic N) is 1. The largest absolute Gasteiger partial charge is 0.341 e. The molecule has 104 valence electrons. The van der Waals surface area contributed by atoms with Crippen LogP contribution in [0.1, 0.15) is 58.8 Å². The zero-order valence-electron chi connectivity index (χ0n) is 12.0. The predicted molar refractivity (Wildman–Crippen MR) is 74.5 cm³/mol. The quantitative estimate of drug-likeness (QED) is 0.834. The fraction of sp³-hybridized carbons (Fsp3) is 0.933. The summed E-state index contributed by atoms with van der Waals surface area (Å²) in [4.78, 5) is 14.8. The molecular weight excluding hydrogens is 224 g/mol. The third kappa shape index (κ3) is 3.05. The molecule has 0 aromatic rings. The van der Waals surface area contributed by atoms with Crippen molar-refractivity contribution in [1.82, 2.24) is 10.2 Å². The Hall–Kier alpha value is -0.570. The van der Waals surface area contributed by atoms with Crippen molar-refractivity contribution in [2.75, 3.05) is 19.6 Å². The average molecular weight is 252 g/mol. The Morgan fingerprint density at radius 1 is 1.28 bits per heavy atom. The van der Waals surface area contributed by atoms with Crippen LogP contribution in [0.2, 0.25) is 0 Å². The number of carbonyl (C=O) groups excluding carboxylic acids is 1. The maximum atomic E-state index is 12.7. The number of likely N-dealkylation sites (N-methyl/N-ethyl adjacent to an activating group) is 1. The van der Waals surface area contributed by atoms with E-state index in [0.29, 0.717) is 11.9 Å². The summed E-state index contributed by atoms with van der Waals surface area (Å²) in [7, 11) is 0. The van der Waals surface area contributed by atoms with E-state index in [1.807, 2.05) is 0 Å². The first-order valence-electron chi connectivity index (χ1n) is 7.68. The van der Waals surface area contributed by atoms with E-state index in [1.165, 1.54) is 32.1 Å². The van der Waals surface area contributed by atoms with Gasteiger partial charge in [0.1, 0.15) is 0 Å². The zero-order valence-corrected chi connectivity index (χ0v) is 12.0. The Morgan fingerprint density at radius 3 is 2.56 bits per heavy atom. The summed E-state index contributed by atoms with van der Waals surface area (Å²) < 4.78 is 0. The Labute approximate surface area is 111 Å². The van der Waals surface area contributed by atoms with E-state index in [4.69, 9.17) is 0 Å². The van der Waals surface area contributed by atoms with Crippen molar-refractivity contribution >= 4 is 5.91 Å². The topological polar surface area (TPSA) is 32.3 Å². The van der Waals surface area contributed by atoms with Crippen LogP contribution in [0.4, 0.5) is 0 Å². The molecule has 2 fully saturated rings. The fourth-order valence-electron chi connectivity index (χ4n) is 3.46. The summed E-state index contributed by atoms with van der Waals surface area (Å²) in [6.07, 6.45) is 8.40. The maximum absolute atomic E-state index is 12.7. The lowest BCUT2D eigenvalue weighted by molar-refractivity contribution is -0.143. The minimum absolute atomic E-state index is 0.0765. The molecule has 1 saturated heterocycles. The summed E-state index contributed by atoms with van der Waals surface area (Å²) >= 11 is 0. The van der Waals surface area contributed by atoms with Crippen LogP contribution in [0.5, 0.6) is 0 Å². The van der Waals surface area contributed by atoms with Gasteiger partial charge >= 0.3 is 0 Å². The van der Waals surface area contributed by atoms with Crippen molar-refractivity contribution in [2.24, 2.45) is 5.41 Å². The number of amides is 1. The molecule has 1 amide bonds. The molecule has 1 aliphatic carbocycles. The van der Waals surface area contributed by atoms with E-state index in [9.17, 15) is 4.79 Å². The second-order valence-electron chi connectivity index (χ2n) is 6.26. The lowest BCUT2D eigenvalue weighted by Crippen LogP contribution is -2.47. The first-order valence-corrected chi connectivity index (χ1v) is 7.68. The van der Waals surface area contributed by atoms with Gasteiger partial charge in [-0.15, -0.1) is 0 Å². The molecule has 0 aromatic carbocycles. The lowest BCUT2D eigenvalue weighted by Gasteiger charge is -2.37. The Bertz CT molecular complexity index is 278. The van der Waals surface area contributed by atoms with Crippen LogP contribution in [0.25, 0.3) is 0 Å². The normalized spacial score (nSPS) is 27.1. The highest BCUT2D eigenvalue weighted by molar-refractivity contribution is 5.82. The summed E-state index contributed by atoms with van der Waals surface area (Å²) in [5, 5.41) is 3.50. The molecule has 3 heteroatoms. The second kappa shape index (κ2) is 6.05. The molecule has 1 unspecified atom stereocenters. The summed E-state index contributed by atoms with van der Waals surface area (Å²) in [5.74, 6) is 0.401. The van der Waals surface area contributed by atoms with Crippen LogP contribution in [0.3, 0.4) is 0 Å². The van der Waals surface area contributed by atoms with Gasteiger partial charge in [-0.1, -0.05) is 26.2 Å². The predicted octanol–water partition coefficient (Wildman–Crippen LogP) is 2.56. The van der Waals surface area contributed by atoms with Crippen molar-refractivity contribution in [3.8, 4) is 0 Å². The van der Waals surface area contributed by atoms with E-state index < -0.39 is 0 Å². The lowest BCUT2D eigenvalue weighted by atomic mass is 9.74. The van der Waals surface area contributed by atoms with Crippen LogP contribution >= 0.6 is 0 Å². The first-order chi connectivity index (χ1) is 8.65. The Kier molecular flexibility index (Phi) is 4.66. The standard InChI is InChI=1S/C15H28N2O/c1-3-17(12-13-8-7-11-16-13)14(18)15(2)9-5-4-6-10-15/h13,16H,3-12H2,1-2H3. The third-order valence-corrected chi connectivity index (χ3v) is 4.75. The van der Waals surface area contributed by atoms with E-state index in [2.05, 4.69) is 24.1 Å². The SMILES string of the molecule is CCN(CC1CCCN1)C(=O)C1(C)CCCCC1. The van der Waals surface area contributed by atoms with Gasteiger partial charge in [0.2, 0.25) is 5.91 Å². The molecule has 1 heterocycles. The second-order valence-corrected chi connectivity index (χ2v) is 6.26. The highest BCUT2D eigenvalue weighted by Gasteiger charge is 2.37. The van der Waals surface area contributed by atoms with Gasteiger partial charge in [-0.25, -0.2) is 0 Å². The number of rotatable bonds is 4. The van der Waals surface area contributed by atoms with Crippen LogP contribution < -0.4 is 5.32 Å². The molecule has 18 heavy (non-hydrogen) atoms. The molecule has 2 aliphatic rings. The van der Waals surface area contributed by atoms with Gasteiger partial charge < -0.3 is 10.2 Å². The molecule has 0 spiro atoms. The van der Waals surface area contributed by atoms with Crippen LogP contribution in [-0.4, -0.2) is 36.5 Å². The molecule has 1 atom stereocenters. The van der Waals surface area contributed by atoms with Crippen molar-refractivity contribution < 1.29 is 4.79 Å². The zero-order chi connectivity index (χ0) is 13.0. The number of nitrogens with one attached hydrogen (secondary N) is 1. The third-order valence-electron chi connectivity index (χ3n) is 4.75. The van der Waals surface area contributed by atoms with E-state index in [-0.39, 0.29) is 5.41 Å². The molecule has 3 nitrogen and oxygen atoms in total. The molecule has 0 radical (unpaired) electrons. The molecule has 2 rings (SSSR count). The van der Waals surface area contributed by atoms with Crippen LogP contribution in [0.15, 0.2) is 0 Å². The highest BCUT2D eigenvalue weighted by Crippen LogP contribution is 2.37. The summed E-state index contributed by atoms with van der Waals surface area (Å²) in [6.45, 7) is 7.17. The summed E-state index contributed by atoms with van der Waals surface area (Å²) in [6, 6.07) is 0.529. The number of hydrogen-bond acceptors (Lipinski definition) is 2. The van der Waals surface area contributed by atoms with E-state index >= 15 is 0 Å². The van der Waals surface area contributed by atoms with Gasteiger partial charge in [0.05, 0.1) is 0 Å². The van der Waals surface area contributed by atoms with Crippen LogP contribution in [-0.2, 0) is 4.79 Å². The fourth-order valence-corrected chi connectivity index (χ4v) is 3.46. The van der Waals surface area contributed by atoms with Gasteiger partial charge in [0, 0.05) is 24.5 Å². The highest BCUT2D eigenvalue weighted by atomic mass is 16.2. The van der Waals surface area contributed by atoms with E-state index in [1.54, 1.807) is 0 Å². The van der Waals surface area contributed by atoms with Gasteiger partial charge in [-0.05, 0) is 39.2 Å². The minimum Gasteiger partial charge on any atom is -0.341 e. The molecular formula is C15H28N2O.